The van der Waals surface area contributed by atoms with Crippen LogP contribution in [0.15, 0.2) is 48.0 Å². The third-order valence-electron chi connectivity index (χ3n) is 3.60. The van der Waals surface area contributed by atoms with E-state index in [0.29, 0.717) is 27.6 Å². The highest BCUT2D eigenvalue weighted by atomic mass is 35.5. The molecule has 146 valence electrons. The van der Waals surface area contributed by atoms with E-state index in [-0.39, 0.29) is 18.8 Å². The third kappa shape index (κ3) is 6.14. The fourth-order valence-corrected chi connectivity index (χ4v) is 2.50. The number of nitrogens with one attached hydrogen (secondary N) is 1. The smallest absolute Gasteiger partial charge is 0.338 e. The molecule has 0 aliphatic rings. The lowest BCUT2D eigenvalue weighted by Gasteiger charge is -2.07. The van der Waals surface area contributed by atoms with Crippen LogP contribution in [0.4, 0.5) is 5.69 Å². The second-order valence-electron chi connectivity index (χ2n) is 5.60. The normalized spacial score (nSPS) is 10.4. The first kappa shape index (κ1) is 21.6. The van der Waals surface area contributed by atoms with Gasteiger partial charge < -0.3 is 14.8 Å². The predicted octanol–water partition coefficient (Wildman–Crippen LogP) is 4.07. The first-order valence-corrected chi connectivity index (χ1v) is 8.92. The molecule has 0 radical (unpaired) electrons. The Labute approximate surface area is 173 Å². The number of terminal acetylenes is 1. The molecule has 0 fully saturated rings. The summed E-state index contributed by atoms with van der Waals surface area (Å²) in [6, 6.07) is 12.8. The number of carbonyl (C=O) groups is 2. The van der Waals surface area contributed by atoms with Gasteiger partial charge in [-0.15, -0.1) is 6.42 Å². The first-order chi connectivity index (χ1) is 14.0. The Bertz CT molecular complexity index is 1010. The summed E-state index contributed by atoms with van der Waals surface area (Å²) in [4.78, 5) is 24.0. The SMILES string of the molecule is C#CCOc1ccc(/C=C(\C#N)C(=O)Nc2ccc(C(=O)OCC)cc2)cc1Cl. The van der Waals surface area contributed by atoms with Gasteiger partial charge in [-0.1, -0.05) is 23.6 Å². The van der Waals surface area contributed by atoms with E-state index in [1.807, 2.05) is 6.07 Å². The van der Waals surface area contributed by atoms with Gasteiger partial charge in [-0.2, -0.15) is 5.26 Å². The van der Waals surface area contributed by atoms with E-state index in [1.54, 1.807) is 37.3 Å². The van der Waals surface area contributed by atoms with Crippen molar-refractivity contribution in [2.75, 3.05) is 18.5 Å². The van der Waals surface area contributed by atoms with Crippen molar-refractivity contribution in [2.24, 2.45) is 0 Å². The lowest BCUT2D eigenvalue weighted by molar-refractivity contribution is -0.112. The Morgan fingerprint density at radius 3 is 2.55 bits per heavy atom. The number of esters is 1. The van der Waals surface area contributed by atoms with Gasteiger partial charge in [-0.3, -0.25) is 4.79 Å². The van der Waals surface area contributed by atoms with E-state index in [0.717, 1.165) is 0 Å². The fraction of sp³-hybridized carbons (Fsp3) is 0.136. The van der Waals surface area contributed by atoms with E-state index in [4.69, 9.17) is 27.5 Å². The largest absolute Gasteiger partial charge is 0.479 e. The molecule has 0 aliphatic carbocycles. The summed E-state index contributed by atoms with van der Waals surface area (Å²) in [7, 11) is 0. The van der Waals surface area contributed by atoms with E-state index in [9.17, 15) is 14.9 Å². The summed E-state index contributed by atoms with van der Waals surface area (Å²) in [5, 5.41) is 12.2. The highest BCUT2D eigenvalue weighted by Gasteiger charge is 2.12. The summed E-state index contributed by atoms with van der Waals surface area (Å²) in [5.74, 6) is 1.70. The number of amides is 1. The lowest BCUT2D eigenvalue weighted by atomic mass is 10.1. The summed E-state index contributed by atoms with van der Waals surface area (Å²) in [5.41, 5.74) is 1.23. The van der Waals surface area contributed by atoms with Crippen LogP contribution in [0.25, 0.3) is 6.08 Å². The van der Waals surface area contributed by atoms with Crippen LogP contribution in [0, 0.1) is 23.7 Å². The summed E-state index contributed by atoms with van der Waals surface area (Å²) >= 11 is 6.12. The van der Waals surface area contributed by atoms with Crippen LogP contribution < -0.4 is 10.1 Å². The van der Waals surface area contributed by atoms with E-state index in [1.165, 1.54) is 18.2 Å². The van der Waals surface area contributed by atoms with Crippen molar-refractivity contribution in [3.63, 3.8) is 0 Å². The van der Waals surface area contributed by atoms with Gasteiger partial charge in [0.05, 0.1) is 17.2 Å². The maximum Gasteiger partial charge on any atom is 0.338 e. The topological polar surface area (TPSA) is 88.4 Å². The van der Waals surface area contributed by atoms with Crippen LogP contribution in [0.2, 0.25) is 5.02 Å². The van der Waals surface area contributed by atoms with Crippen LogP contribution in [0.3, 0.4) is 0 Å². The Morgan fingerprint density at radius 1 is 1.24 bits per heavy atom. The van der Waals surface area contributed by atoms with Gasteiger partial charge in [-0.25, -0.2) is 4.79 Å². The Hall–Kier alpha value is -3.74. The Kier molecular flexibility index (Phi) is 7.85. The van der Waals surface area contributed by atoms with Crippen LogP contribution in [-0.2, 0) is 9.53 Å². The molecule has 0 saturated heterocycles. The van der Waals surface area contributed by atoms with Gasteiger partial charge >= 0.3 is 5.97 Å². The second-order valence-corrected chi connectivity index (χ2v) is 6.01. The zero-order valence-electron chi connectivity index (χ0n) is 15.6. The molecule has 29 heavy (non-hydrogen) atoms. The number of rotatable bonds is 7. The van der Waals surface area contributed by atoms with Crippen LogP contribution in [0.5, 0.6) is 5.75 Å². The fourth-order valence-electron chi connectivity index (χ4n) is 2.26. The average molecular weight is 409 g/mol. The van der Waals surface area contributed by atoms with Crippen LogP contribution >= 0.6 is 11.6 Å². The predicted molar refractivity (Wildman–Crippen MR) is 110 cm³/mol. The molecule has 0 heterocycles. The van der Waals surface area contributed by atoms with E-state index < -0.39 is 11.9 Å². The lowest BCUT2D eigenvalue weighted by Crippen LogP contribution is -2.13. The van der Waals surface area contributed by atoms with Gasteiger partial charge in [-0.05, 0) is 55.0 Å². The van der Waals surface area contributed by atoms with Crippen molar-refractivity contribution in [1.82, 2.24) is 0 Å². The second kappa shape index (κ2) is 10.6. The van der Waals surface area contributed by atoms with Crippen molar-refractivity contribution >= 4 is 35.2 Å². The van der Waals surface area contributed by atoms with Crippen LogP contribution in [0.1, 0.15) is 22.8 Å². The monoisotopic (exact) mass is 408 g/mol. The number of ether oxygens (including phenoxy) is 2. The molecule has 1 N–H and O–H groups in total. The van der Waals surface area contributed by atoms with Crippen molar-refractivity contribution in [3.05, 3.63) is 64.2 Å². The molecule has 1 amide bonds. The molecule has 0 unspecified atom stereocenters. The van der Waals surface area contributed by atoms with Gasteiger partial charge in [0.15, 0.2) is 0 Å². The molecule has 0 aromatic heterocycles. The number of anilines is 1. The highest BCUT2D eigenvalue weighted by molar-refractivity contribution is 6.32. The third-order valence-corrected chi connectivity index (χ3v) is 3.89. The zero-order chi connectivity index (χ0) is 21.2. The van der Waals surface area contributed by atoms with Gasteiger partial charge in [0, 0.05) is 5.69 Å². The molecular weight excluding hydrogens is 392 g/mol. The summed E-state index contributed by atoms with van der Waals surface area (Å²) in [6.07, 6.45) is 6.54. The molecule has 0 aliphatic heterocycles. The number of benzene rings is 2. The molecule has 0 atom stereocenters. The minimum Gasteiger partial charge on any atom is -0.479 e. The van der Waals surface area contributed by atoms with E-state index >= 15 is 0 Å². The molecule has 0 saturated carbocycles. The van der Waals surface area contributed by atoms with Crippen LogP contribution in [-0.4, -0.2) is 25.1 Å². The van der Waals surface area contributed by atoms with Crippen molar-refractivity contribution in [1.29, 1.82) is 5.26 Å². The number of carbonyl (C=O) groups excluding carboxylic acids is 2. The average Bonchev–Trinajstić information content (AvgIpc) is 2.72. The number of nitriles is 1. The van der Waals surface area contributed by atoms with Crippen molar-refractivity contribution in [2.45, 2.75) is 6.92 Å². The van der Waals surface area contributed by atoms with Crippen molar-refractivity contribution in [3.8, 4) is 24.2 Å². The minimum absolute atomic E-state index is 0.0791. The summed E-state index contributed by atoms with van der Waals surface area (Å²) < 4.78 is 10.2. The summed E-state index contributed by atoms with van der Waals surface area (Å²) in [6.45, 7) is 2.07. The molecule has 7 heteroatoms. The maximum atomic E-state index is 12.4. The van der Waals surface area contributed by atoms with Gasteiger partial charge in [0.25, 0.3) is 5.91 Å². The molecule has 2 rings (SSSR count). The number of halogens is 1. The maximum absolute atomic E-state index is 12.4. The number of nitrogens with zero attached hydrogens (tertiary/aromatic N) is 1. The highest BCUT2D eigenvalue weighted by Crippen LogP contribution is 2.26. The molecule has 0 bridgehead atoms. The first-order valence-electron chi connectivity index (χ1n) is 8.54. The standard InChI is InChI=1S/C22H17ClN2O4/c1-3-11-29-20-10-5-15(13-19(20)23)12-17(14-24)21(26)25-18-8-6-16(7-9-18)22(27)28-4-2/h1,5-10,12-13H,4,11H2,2H3,(H,25,26)/b17-12+. The zero-order valence-corrected chi connectivity index (χ0v) is 16.3. The Morgan fingerprint density at radius 2 is 1.97 bits per heavy atom. The van der Waals surface area contributed by atoms with Gasteiger partial charge in [0.2, 0.25) is 0 Å². The van der Waals surface area contributed by atoms with Crippen molar-refractivity contribution < 1.29 is 19.1 Å². The quantitative estimate of drug-likeness (QED) is 0.323. The molecular formula is C22H17ClN2O4. The van der Waals surface area contributed by atoms with Gasteiger partial charge in [0.1, 0.15) is 24.0 Å². The molecule has 0 spiro atoms. The molecule has 2 aromatic carbocycles. The molecule has 6 nitrogen and oxygen atoms in total. The number of hydrogen-bond acceptors (Lipinski definition) is 5. The Balaban J connectivity index is 2.12. The minimum atomic E-state index is -0.597. The van der Waals surface area contributed by atoms with E-state index in [2.05, 4.69) is 11.2 Å². The molecule has 2 aromatic rings. The number of hydrogen-bond donors (Lipinski definition) is 1.